The highest BCUT2D eigenvalue weighted by Crippen LogP contribution is 2.23. The maximum absolute atomic E-state index is 9.18. The highest BCUT2D eigenvalue weighted by atomic mass is 15.3. The molecule has 0 aliphatic carbocycles. The van der Waals surface area contributed by atoms with E-state index in [9.17, 15) is 5.26 Å². The van der Waals surface area contributed by atoms with Crippen molar-refractivity contribution in [1.82, 2.24) is 15.2 Å². The van der Waals surface area contributed by atoms with Crippen molar-refractivity contribution in [2.75, 3.05) is 16.8 Å². The van der Waals surface area contributed by atoms with Gasteiger partial charge in [0.05, 0.1) is 17.4 Å². The summed E-state index contributed by atoms with van der Waals surface area (Å²) in [4.78, 5) is 6.49. The molecular weight excluding hydrogens is 300 g/mol. The molecule has 0 aliphatic heterocycles. The van der Waals surface area contributed by atoms with E-state index in [0.717, 1.165) is 5.69 Å². The minimum Gasteiger partial charge on any atom is -0.338 e. The molecule has 0 aliphatic rings. The lowest BCUT2D eigenvalue weighted by Crippen LogP contribution is -2.19. The quantitative estimate of drug-likeness (QED) is 0.774. The van der Waals surface area contributed by atoms with Gasteiger partial charge in [0.15, 0.2) is 5.82 Å². The van der Waals surface area contributed by atoms with E-state index in [2.05, 4.69) is 26.6 Å². The second-order valence-electron chi connectivity index (χ2n) is 5.00. The largest absolute Gasteiger partial charge is 0.338 e. The average molecular weight is 316 g/mol. The van der Waals surface area contributed by atoms with Crippen LogP contribution in [-0.2, 0) is 0 Å². The molecule has 0 bridgehead atoms. The van der Waals surface area contributed by atoms with Crippen LogP contribution in [0.3, 0.4) is 0 Å². The van der Waals surface area contributed by atoms with Crippen LogP contribution in [0.4, 0.5) is 23.1 Å². The summed E-state index contributed by atoms with van der Waals surface area (Å²) in [5, 5.41) is 20.5. The number of anilines is 4. The molecular formula is C18H16N6. The van der Waals surface area contributed by atoms with Gasteiger partial charge in [0.2, 0.25) is 0 Å². The minimum absolute atomic E-state index is 0.503. The summed E-state index contributed by atoms with van der Waals surface area (Å²) in [5.74, 6) is 1.04. The predicted molar refractivity (Wildman–Crippen MR) is 93.4 cm³/mol. The molecule has 1 heterocycles. The first-order chi connectivity index (χ1) is 11.8. The fraction of sp³-hybridized carbons (Fsp3) is 0.111. The van der Waals surface area contributed by atoms with Gasteiger partial charge in [-0.25, -0.2) is 0 Å². The number of aromatic nitrogens is 3. The summed E-state index contributed by atoms with van der Waals surface area (Å²) < 4.78 is 0. The maximum atomic E-state index is 9.18. The molecule has 1 aromatic heterocycles. The van der Waals surface area contributed by atoms with Gasteiger partial charge in [0, 0.05) is 12.2 Å². The Hall–Kier alpha value is -3.46. The summed E-state index contributed by atoms with van der Waals surface area (Å²) in [7, 11) is 0. The molecule has 0 saturated heterocycles. The van der Waals surface area contributed by atoms with Crippen LogP contribution >= 0.6 is 0 Å². The van der Waals surface area contributed by atoms with Gasteiger partial charge in [-0.05, 0) is 31.2 Å². The Labute approximate surface area is 140 Å². The molecule has 0 unspecified atom stereocenters. The molecule has 0 atom stereocenters. The van der Waals surface area contributed by atoms with Crippen LogP contribution in [0, 0.1) is 11.3 Å². The Balaban J connectivity index is 1.90. The summed E-state index contributed by atoms with van der Waals surface area (Å²) in [5.41, 5.74) is 2.23. The number of hydrogen-bond donors (Lipinski definition) is 1. The number of nitrogens with one attached hydrogen (secondary N) is 1. The van der Waals surface area contributed by atoms with Gasteiger partial charge in [-0.3, -0.25) is 0 Å². The van der Waals surface area contributed by atoms with Crippen LogP contribution in [0.25, 0.3) is 0 Å². The summed E-state index contributed by atoms with van der Waals surface area (Å²) >= 11 is 0. The van der Waals surface area contributed by atoms with E-state index < -0.39 is 0 Å². The van der Waals surface area contributed by atoms with Gasteiger partial charge < -0.3 is 10.2 Å². The van der Waals surface area contributed by atoms with E-state index in [0.29, 0.717) is 29.6 Å². The number of benzene rings is 2. The van der Waals surface area contributed by atoms with Crippen molar-refractivity contribution in [1.29, 1.82) is 5.26 Å². The van der Waals surface area contributed by atoms with E-state index in [1.165, 1.54) is 6.20 Å². The lowest BCUT2D eigenvalue weighted by Gasteiger charge is -2.20. The van der Waals surface area contributed by atoms with Gasteiger partial charge in [-0.1, -0.05) is 30.3 Å². The fourth-order valence-corrected chi connectivity index (χ4v) is 2.34. The van der Waals surface area contributed by atoms with E-state index in [4.69, 9.17) is 0 Å². The lowest BCUT2D eigenvalue weighted by molar-refractivity contribution is 0.887. The standard InChI is InChI=1S/C18H16N6/c1-2-24(15-9-4-3-5-10-15)18-22-17(13-20-23-18)21-16-11-7-6-8-14(16)12-19/h3-11,13H,2H2,1H3,(H,21,22,23). The van der Waals surface area contributed by atoms with Crippen LogP contribution in [0.2, 0.25) is 0 Å². The molecule has 0 amide bonds. The first-order valence-electron chi connectivity index (χ1n) is 7.60. The van der Waals surface area contributed by atoms with Gasteiger partial charge in [-0.15, -0.1) is 5.10 Å². The SMILES string of the molecule is CCN(c1ccccc1)c1nncc(Nc2ccccc2C#N)n1. The third-order valence-electron chi connectivity index (χ3n) is 3.48. The average Bonchev–Trinajstić information content (AvgIpc) is 2.64. The van der Waals surface area contributed by atoms with Crippen molar-refractivity contribution in [2.24, 2.45) is 0 Å². The minimum atomic E-state index is 0.503. The van der Waals surface area contributed by atoms with Crippen LogP contribution in [0.1, 0.15) is 12.5 Å². The second-order valence-corrected chi connectivity index (χ2v) is 5.00. The number of para-hydroxylation sites is 2. The smallest absolute Gasteiger partial charge is 0.251 e. The van der Waals surface area contributed by atoms with Crippen LogP contribution in [0.5, 0.6) is 0 Å². The summed E-state index contributed by atoms with van der Waals surface area (Å²) in [6.07, 6.45) is 1.54. The molecule has 0 saturated carbocycles. The zero-order chi connectivity index (χ0) is 16.8. The summed E-state index contributed by atoms with van der Waals surface area (Å²) in [6.45, 7) is 2.74. The number of rotatable bonds is 5. The molecule has 3 aromatic rings. The zero-order valence-electron chi connectivity index (χ0n) is 13.2. The molecule has 118 valence electrons. The molecule has 0 radical (unpaired) electrons. The van der Waals surface area contributed by atoms with E-state index >= 15 is 0 Å². The number of nitriles is 1. The molecule has 3 rings (SSSR count). The van der Waals surface area contributed by atoms with Gasteiger partial charge >= 0.3 is 0 Å². The Kier molecular flexibility index (Phi) is 4.63. The van der Waals surface area contributed by atoms with Gasteiger partial charge in [0.1, 0.15) is 6.07 Å². The maximum Gasteiger partial charge on any atom is 0.251 e. The Morgan fingerprint density at radius 3 is 2.58 bits per heavy atom. The monoisotopic (exact) mass is 316 g/mol. The second kappa shape index (κ2) is 7.20. The predicted octanol–water partition coefficient (Wildman–Crippen LogP) is 3.64. The zero-order valence-corrected chi connectivity index (χ0v) is 13.2. The topological polar surface area (TPSA) is 77.7 Å². The van der Waals surface area contributed by atoms with Crippen LogP contribution < -0.4 is 10.2 Å². The Bertz CT molecular complexity index is 857. The van der Waals surface area contributed by atoms with Gasteiger partial charge in [-0.2, -0.15) is 15.3 Å². The summed E-state index contributed by atoms with van der Waals surface area (Å²) in [6, 6.07) is 19.3. The normalized spacial score (nSPS) is 10.0. The van der Waals surface area contributed by atoms with Gasteiger partial charge in [0.25, 0.3) is 5.95 Å². The first kappa shape index (κ1) is 15.4. The van der Waals surface area contributed by atoms with Crippen molar-refractivity contribution in [3.8, 4) is 6.07 Å². The molecule has 6 heteroatoms. The van der Waals surface area contributed by atoms with Crippen molar-refractivity contribution in [3.05, 3.63) is 66.4 Å². The number of nitrogens with zero attached hydrogens (tertiary/aromatic N) is 5. The third kappa shape index (κ3) is 3.31. The van der Waals surface area contributed by atoms with Crippen molar-refractivity contribution in [3.63, 3.8) is 0 Å². The Morgan fingerprint density at radius 1 is 1.08 bits per heavy atom. The molecule has 2 aromatic carbocycles. The molecule has 0 spiro atoms. The van der Waals surface area contributed by atoms with Crippen molar-refractivity contribution >= 4 is 23.1 Å². The highest BCUT2D eigenvalue weighted by Gasteiger charge is 2.12. The molecule has 1 N–H and O–H groups in total. The fourth-order valence-electron chi connectivity index (χ4n) is 2.34. The molecule has 6 nitrogen and oxygen atoms in total. The molecule has 24 heavy (non-hydrogen) atoms. The van der Waals surface area contributed by atoms with Crippen molar-refractivity contribution < 1.29 is 0 Å². The van der Waals surface area contributed by atoms with Crippen LogP contribution in [-0.4, -0.2) is 21.7 Å². The van der Waals surface area contributed by atoms with Crippen LogP contribution in [0.15, 0.2) is 60.8 Å². The lowest BCUT2D eigenvalue weighted by atomic mass is 10.2. The molecule has 0 fully saturated rings. The van der Waals surface area contributed by atoms with E-state index in [1.54, 1.807) is 6.07 Å². The third-order valence-corrected chi connectivity index (χ3v) is 3.48. The first-order valence-corrected chi connectivity index (χ1v) is 7.60. The number of hydrogen-bond acceptors (Lipinski definition) is 6. The van der Waals surface area contributed by atoms with E-state index in [-0.39, 0.29) is 0 Å². The highest BCUT2D eigenvalue weighted by molar-refractivity contribution is 5.65. The van der Waals surface area contributed by atoms with Crippen molar-refractivity contribution in [2.45, 2.75) is 6.92 Å². The Morgan fingerprint density at radius 2 is 1.83 bits per heavy atom. The van der Waals surface area contributed by atoms with E-state index in [1.807, 2.05) is 60.4 Å².